The molecule has 1 unspecified atom stereocenters. The van der Waals surface area contributed by atoms with Gasteiger partial charge >= 0.3 is 0 Å². The fraction of sp³-hybridized carbons (Fsp3) is 0.684. The molecule has 0 amide bonds. The average molecular weight is 276 g/mol. The second-order valence-electron chi connectivity index (χ2n) is 7.19. The van der Waals surface area contributed by atoms with E-state index in [0.29, 0.717) is 5.92 Å². The van der Waals surface area contributed by atoms with Crippen LogP contribution in [-0.2, 0) is 11.8 Å². The van der Waals surface area contributed by atoms with E-state index in [0.717, 1.165) is 19.3 Å². The number of rotatable bonds is 5. The van der Waals surface area contributed by atoms with Gasteiger partial charge in [-0.05, 0) is 53.9 Å². The minimum absolute atomic E-state index is 0.183. The third kappa shape index (κ3) is 4.09. The van der Waals surface area contributed by atoms with Gasteiger partial charge < -0.3 is 5.11 Å². The van der Waals surface area contributed by atoms with Crippen molar-refractivity contribution in [1.29, 1.82) is 0 Å². The molecule has 1 aromatic carbocycles. The van der Waals surface area contributed by atoms with Crippen molar-refractivity contribution in [3.63, 3.8) is 0 Å². The van der Waals surface area contributed by atoms with Crippen LogP contribution in [0.4, 0.5) is 0 Å². The first-order valence-corrected chi connectivity index (χ1v) is 7.99. The van der Waals surface area contributed by atoms with Gasteiger partial charge in [-0.25, -0.2) is 0 Å². The quantitative estimate of drug-likeness (QED) is 0.807. The minimum atomic E-state index is -0.220. The zero-order chi connectivity index (χ0) is 15.5. The maximum atomic E-state index is 10.4. The van der Waals surface area contributed by atoms with Crippen LogP contribution in [0, 0.1) is 19.8 Å². The molecule has 0 fully saturated rings. The van der Waals surface area contributed by atoms with Crippen LogP contribution < -0.4 is 0 Å². The summed E-state index contributed by atoms with van der Waals surface area (Å²) in [5.74, 6) is 0.413. The van der Waals surface area contributed by atoms with Gasteiger partial charge in [-0.1, -0.05) is 59.6 Å². The summed E-state index contributed by atoms with van der Waals surface area (Å²) in [6.45, 7) is 15.4. The van der Waals surface area contributed by atoms with E-state index in [1.807, 2.05) is 0 Å². The van der Waals surface area contributed by atoms with Gasteiger partial charge in [0, 0.05) is 0 Å². The summed E-state index contributed by atoms with van der Waals surface area (Å²) >= 11 is 0. The number of hydrogen-bond acceptors (Lipinski definition) is 1. The number of aliphatic hydroxyl groups is 1. The van der Waals surface area contributed by atoms with E-state index in [9.17, 15) is 5.11 Å². The van der Waals surface area contributed by atoms with Crippen LogP contribution in [0.3, 0.4) is 0 Å². The third-order valence-corrected chi connectivity index (χ3v) is 4.57. The van der Waals surface area contributed by atoms with Crippen molar-refractivity contribution in [2.75, 3.05) is 0 Å². The monoisotopic (exact) mass is 276 g/mol. The van der Waals surface area contributed by atoms with Gasteiger partial charge in [-0.2, -0.15) is 0 Å². The molecule has 20 heavy (non-hydrogen) atoms. The molecule has 1 heteroatoms. The second kappa shape index (κ2) is 6.76. The molecular weight excluding hydrogens is 244 g/mol. The Balaban J connectivity index is 3.03. The van der Waals surface area contributed by atoms with Crippen LogP contribution in [0.25, 0.3) is 0 Å². The predicted molar refractivity (Wildman–Crippen MR) is 88.4 cm³/mol. The molecule has 0 saturated heterocycles. The van der Waals surface area contributed by atoms with Crippen LogP contribution in [-0.4, -0.2) is 11.2 Å². The van der Waals surface area contributed by atoms with Crippen LogP contribution in [0.5, 0.6) is 0 Å². The maximum absolute atomic E-state index is 10.4. The van der Waals surface area contributed by atoms with E-state index in [2.05, 4.69) is 60.6 Å². The molecule has 0 aliphatic carbocycles. The standard InChI is InChI=1S/C19H32O/c1-8-15(9-2)18(20)12-17-13(3)10-16(11-14(17)4)19(5,6)7/h10-11,15,18,20H,8-9,12H2,1-7H3. The molecule has 1 rings (SSSR count). The van der Waals surface area contributed by atoms with Gasteiger partial charge in [-0.3, -0.25) is 0 Å². The summed E-state index contributed by atoms with van der Waals surface area (Å²) in [6, 6.07) is 4.59. The fourth-order valence-electron chi connectivity index (χ4n) is 2.96. The number of benzene rings is 1. The van der Waals surface area contributed by atoms with Gasteiger partial charge in [0.1, 0.15) is 0 Å². The number of aliphatic hydroxyl groups excluding tert-OH is 1. The smallest absolute Gasteiger partial charge is 0.0608 e. The first kappa shape index (κ1) is 17.2. The molecule has 0 spiro atoms. The van der Waals surface area contributed by atoms with E-state index >= 15 is 0 Å². The van der Waals surface area contributed by atoms with E-state index in [1.54, 1.807) is 0 Å². The fourth-order valence-corrected chi connectivity index (χ4v) is 2.96. The Morgan fingerprint density at radius 1 is 1.00 bits per heavy atom. The molecule has 1 nitrogen and oxygen atoms in total. The molecule has 0 saturated carbocycles. The molecule has 1 aromatic rings. The second-order valence-corrected chi connectivity index (χ2v) is 7.19. The highest BCUT2D eigenvalue weighted by Crippen LogP contribution is 2.28. The van der Waals surface area contributed by atoms with Crippen molar-refractivity contribution in [2.24, 2.45) is 5.92 Å². The van der Waals surface area contributed by atoms with Gasteiger partial charge in [0.25, 0.3) is 0 Å². The topological polar surface area (TPSA) is 20.2 Å². The molecule has 0 aliphatic heterocycles. The molecule has 1 atom stereocenters. The molecule has 114 valence electrons. The normalized spacial score (nSPS) is 13.8. The summed E-state index contributed by atoms with van der Waals surface area (Å²) in [5, 5.41) is 10.4. The van der Waals surface area contributed by atoms with Crippen molar-refractivity contribution in [3.8, 4) is 0 Å². The Hall–Kier alpha value is -0.820. The Bertz CT molecular complexity index is 413. The SMILES string of the molecule is CCC(CC)C(O)Cc1c(C)cc(C(C)(C)C)cc1C. The van der Waals surface area contributed by atoms with Crippen molar-refractivity contribution in [1.82, 2.24) is 0 Å². The zero-order valence-corrected chi connectivity index (χ0v) is 14.4. The summed E-state index contributed by atoms with van der Waals surface area (Å²) < 4.78 is 0. The summed E-state index contributed by atoms with van der Waals surface area (Å²) in [4.78, 5) is 0. The van der Waals surface area contributed by atoms with Crippen molar-refractivity contribution in [2.45, 2.75) is 79.2 Å². The lowest BCUT2D eigenvalue weighted by Crippen LogP contribution is -2.23. The Morgan fingerprint density at radius 3 is 1.80 bits per heavy atom. The average Bonchev–Trinajstić information content (AvgIpc) is 2.33. The highest BCUT2D eigenvalue weighted by Gasteiger charge is 2.20. The first-order valence-electron chi connectivity index (χ1n) is 7.99. The summed E-state index contributed by atoms with van der Waals surface area (Å²) in [6.07, 6.45) is 2.67. The lowest BCUT2D eigenvalue weighted by molar-refractivity contribution is 0.103. The highest BCUT2D eigenvalue weighted by atomic mass is 16.3. The van der Waals surface area contributed by atoms with E-state index in [-0.39, 0.29) is 11.5 Å². The number of hydrogen-bond donors (Lipinski definition) is 1. The lowest BCUT2D eigenvalue weighted by atomic mass is 9.82. The van der Waals surface area contributed by atoms with Crippen molar-refractivity contribution in [3.05, 3.63) is 34.4 Å². The third-order valence-electron chi connectivity index (χ3n) is 4.57. The van der Waals surface area contributed by atoms with Crippen LogP contribution in [0.2, 0.25) is 0 Å². The van der Waals surface area contributed by atoms with Gasteiger partial charge in [0.2, 0.25) is 0 Å². The maximum Gasteiger partial charge on any atom is 0.0608 e. The van der Waals surface area contributed by atoms with Gasteiger partial charge in [0.15, 0.2) is 0 Å². The molecule has 1 N–H and O–H groups in total. The van der Waals surface area contributed by atoms with Crippen LogP contribution in [0.15, 0.2) is 12.1 Å². The van der Waals surface area contributed by atoms with Gasteiger partial charge in [0.05, 0.1) is 6.10 Å². The predicted octanol–water partition coefficient (Wildman–Crippen LogP) is 4.94. The molecule has 0 radical (unpaired) electrons. The Labute approximate surface area is 125 Å². The summed E-state index contributed by atoms with van der Waals surface area (Å²) in [5.41, 5.74) is 5.53. The van der Waals surface area contributed by atoms with Crippen molar-refractivity contribution < 1.29 is 5.11 Å². The molecule has 0 aliphatic rings. The molecule has 0 bridgehead atoms. The lowest BCUT2D eigenvalue weighted by Gasteiger charge is -2.25. The van der Waals surface area contributed by atoms with E-state index in [1.165, 1.54) is 22.3 Å². The van der Waals surface area contributed by atoms with E-state index in [4.69, 9.17) is 0 Å². The van der Waals surface area contributed by atoms with Crippen molar-refractivity contribution >= 4 is 0 Å². The molecule has 0 aromatic heterocycles. The van der Waals surface area contributed by atoms with Crippen LogP contribution >= 0.6 is 0 Å². The number of aryl methyl sites for hydroxylation is 2. The Morgan fingerprint density at radius 2 is 1.45 bits per heavy atom. The minimum Gasteiger partial charge on any atom is -0.392 e. The molecular formula is C19H32O. The highest BCUT2D eigenvalue weighted by molar-refractivity contribution is 5.40. The van der Waals surface area contributed by atoms with E-state index < -0.39 is 0 Å². The molecule has 0 heterocycles. The summed E-state index contributed by atoms with van der Waals surface area (Å²) in [7, 11) is 0. The Kier molecular flexibility index (Phi) is 5.82. The largest absolute Gasteiger partial charge is 0.392 e. The first-order chi connectivity index (χ1) is 9.20. The van der Waals surface area contributed by atoms with Crippen LogP contribution in [0.1, 0.15) is 69.7 Å². The zero-order valence-electron chi connectivity index (χ0n) is 14.4. The van der Waals surface area contributed by atoms with Gasteiger partial charge in [-0.15, -0.1) is 0 Å².